The van der Waals surface area contributed by atoms with E-state index in [1.165, 1.54) is 6.20 Å². The number of hydrogen-bond donors (Lipinski definition) is 2. The van der Waals surface area contributed by atoms with Gasteiger partial charge in [-0.25, -0.2) is 0 Å². The molecule has 72 valence electrons. The lowest BCUT2D eigenvalue weighted by molar-refractivity contribution is 0.418. The van der Waals surface area contributed by atoms with Gasteiger partial charge in [0.05, 0.1) is 17.9 Å². The number of aromatic nitrogens is 1. The van der Waals surface area contributed by atoms with Crippen molar-refractivity contribution in [3.8, 4) is 5.75 Å². The maximum atomic E-state index is 11.4. The predicted molar refractivity (Wildman–Crippen MR) is 55.5 cm³/mol. The summed E-state index contributed by atoms with van der Waals surface area (Å²) < 4.78 is 5.11. The second-order valence-electron chi connectivity index (χ2n) is 2.96. The maximum Gasteiger partial charge on any atom is 0.256 e. The van der Waals surface area contributed by atoms with E-state index in [1.54, 1.807) is 25.3 Å². The van der Waals surface area contributed by atoms with Crippen molar-refractivity contribution in [3.63, 3.8) is 0 Å². The number of aromatic amines is 1. The summed E-state index contributed by atoms with van der Waals surface area (Å²) in [5.74, 6) is 0.581. The highest BCUT2D eigenvalue weighted by Crippen LogP contribution is 2.26. The molecule has 1 aromatic heterocycles. The van der Waals surface area contributed by atoms with Crippen LogP contribution >= 0.6 is 0 Å². The third kappa shape index (κ3) is 1.12. The quantitative estimate of drug-likeness (QED) is 0.662. The van der Waals surface area contributed by atoms with Gasteiger partial charge in [0.15, 0.2) is 0 Å². The fraction of sp³-hybridized carbons (Fsp3) is 0.100. The second-order valence-corrected chi connectivity index (χ2v) is 2.96. The first-order valence-electron chi connectivity index (χ1n) is 4.18. The van der Waals surface area contributed by atoms with Crippen LogP contribution in [0.25, 0.3) is 10.8 Å². The molecule has 4 nitrogen and oxygen atoms in total. The van der Waals surface area contributed by atoms with Gasteiger partial charge >= 0.3 is 0 Å². The number of H-pyrrole nitrogens is 1. The van der Waals surface area contributed by atoms with Gasteiger partial charge in [-0.1, -0.05) is 6.07 Å². The molecule has 4 heteroatoms. The summed E-state index contributed by atoms with van der Waals surface area (Å²) in [5.41, 5.74) is 6.16. The summed E-state index contributed by atoms with van der Waals surface area (Å²) in [7, 11) is 1.54. The molecular formula is C10H10N2O2. The molecule has 0 atom stereocenters. The number of ether oxygens (including phenoxy) is 1. The lowest BCUT2D eigenvalue weighted by Gasteiger charge is -2.06. The van der Waals surface area contributed by atoms with Crippen LogP contribution in [0.1, 0.15) is 0 Å². The van der Waals surface area contributed by atoms with E-state index in [1.807, 2.05) is 0 Å². The molecule has 0 aliphatic rings. The fourth-order valence-corrected chi connectivity index (χ4v) is 1.48. The summed E-state index contributed by atoms with van der Waals surface area (Å²) >= 11 is 0. The first-order valence-corrected chi connectivity index (χ1v) is 4.18. The van der Waals surface area contributed by atoms with Gasteiger partial charge in [0, 0.05) is 11.9 Å². The van der Waals surface area contributed by atoms with Crippen molar-refractivity contribution >= 4 is 16.5 Å². The van der Waals surface area contributed by atoms with Crippen LogP contribution in [0.5, 0.6) is 5.75 Å². The Kier molecular flexibility index (Phi) is 1.89. The number of benzene rings is 1. The van der Waals surface area contributed by atoms with E-state index in [2.05, 4.69) is 4.98 Å². The largest absolute Gasteiger partial charge is 0.494 e. The van der Waals surface area contributed by atoms with Crippen molar-refractivity contribution in [2.45, 2.75) is 0 Å². The molecule has 14 heavy (non-hydrogen) atoms. The van der Waals surface area contributed by atoms with Gasteiger partial charge in [-0.3, -0.25) is 4.79 Å². The number of methoxy groups -OCH3 is 1. The van der Waals surface area contributed by atoms with E-state index >= 15 is 0 Å². The molecule has 0 aliphatic heterocycles. The first kappa shape index (κ1) is 8.62. The Bertz CT molecular complexity index is 531. The van der Waals surface area contributed by atoms with Crippen LogP contribution in [0, 0.1) is 0 Å². The number of pyridine rings is 1. The van der Waals surface area contributed by atoms with Crippen LogP contribution in [0.4, 0.5) is 5.69 Å². The van der Waals surface area contributed by atoms with Gasteiger partial charge in [-0.2, -0.15) is 0 Å². The topological polar surface area (TPSA) is 68.1 Å². The standard InChI is InChI=1S/C10H10N2O2/c1-14-8-5-12-10(13)6-3-2-4-7(11)9(6)8/h2-5H,11H2,1H3,(H,12,13). The number of hydrogen-bond acceptors (Lipinski definition) is 3. The summed E-state index contributed by atoms with van der Waals surface area (Å²) in [5, 5.41) is 1.21. The highest BCUT2D eigenvalue weighted by atomic mass is 16.5. The average Bonchev–Trinajstić information content (AvgIpc) is 2.20. The van der Waals surface area contributed by atoms with Gasteiger partial charge in [-0.05, 0) is 12.1 Å². The van der Waals surface area contributed by atoms with E-state index in [-0.39, 0.29) is 5.56 Å². The molecule has 0 spiro atoms. The Labute approximate surface area is 80.3 Å². The van der Waals surface area contributed by atoms with Gasteiger partial charge in [0.1, 0.15) is 5.75 Å². The van der Waals surface area contributed by atoms with Crippen molar-refractivity contribution in [3.05, 3.63) is 34.7 Å². The number of nitrogens with one attached hydrogen (secondary N) is 1. The molecule has 0 amide bonds. The Morgan fingerprint density at radius 2 is 2.21 bits per heavy atom. The van der Waals surface area contributed by atoms with Gasteiger partial charge < -0.3 is 15.5 Å². The molecule has 0 saturated heterocycles. The van der Waals surface area contributed by atoms with Gasteiger partial charge in [-0.15, -0.1) is 0 Å². The number of anilines is 1. The van der Waals surface area contributed by atoms with Crippen LogP contribution in [0.2, 0.25) is 0 Å². The SMILES string of the molecule is COc1c[nH]c(=O)c2cccc(N)c12. The van der Waals surface area contributed by atoms with Crippen LogP contribution in [0.3, 0.4) is 0 Å². The zero-order valence-corrected chi connectivity index (χ0v) is 7.70. The van der Waals surface area contributed by atoms with Gasteiger partial charge in [0.25, 0.3) is 5.56 Å². The minimum absolute atomic E-state index is 0.159. The Balaban J connectivity index is 3.00. The van der Waals surface area contributed by atoms with E-state index in [9.17, 15) is 4.79 Å². The normalized spacial score (nSPS) is 10.4. The molecule has 0 unspecified atom stereocenters. The molecule has 3 N–H and O–H groups in total. The fourth-order valence-electron chi connectivity index (χ4n) is 1.48. The molecular weight excluding hydrogens is 180 g/mol. The Hall–Kier alpha value is -1.97. The van der Waals surface area contributed by atoms with Crippen molar-refractivity contribution in [2.75, 3.05) is 12.8 Å². The summed E-state index contributed by atoms with van der Waals surface area (Å²) in [6, 6.07) is 5.20. The number of nitrogen functional groups attached to an aromatic ring is 1. The zero-order valence-electron chi connectivity index (χ0n) is 7.70. The highest BCUT2D eigenvalue weighted by Gasteiger charge is 2.06. The third-order valence-corrected chi connectivity index (χ3v) is 2.14. The van der Waals surface area contributed by atoms with E-state index in [0.29, 0.717) is 22.2 Å². The average molecular weight is 190 g/mol. The molecule has 0 bridgehead atoms. The molecule has 0 aliphatic carbocycles. The lowest BCUT2D eigenvalue weighted by Crippen LogP contribution is -2.07. The van der Waals surface area contributed by atoms with Crippen LogP contribution in [-0.4, -0.2) is 12.1 Å². The summed E-state index contributed by atoms with van der Waals surface area (Å²) in [4.78, 5) is 14.0. The van der Waals surface area contributed by atoms with E-state index < -0.39 is 0 Å². The molecule has 0 fully saturated rings. The van der Waals surface area contributed by atoms with Crippen LogP contribution in [-0.2, 0) is 0 Å². The van der Waals surface area contributed by atoms with Crippen molar-refractivity contribution < 1.29 is 4.74 Å². The minimum Gasteiger partial charge on any atom is -0.494 e. The van der Waals surface area contributed by atoms with E-state index in [4.69, 9.17) is 10.5 Å². The minimum atomic E-state index is -0.159. The van der Waals surface area contributed by atoms with Crippen molar-refractivity contribution in [1.82, 2.24) is 4.98 Å². The predicted octanol–water partition coefficient (Wildman–Crippen LogP) is 1.12. The number of fused-ring (bicyclic) bond motifs is 1. The van der Waals surface area contributed by atoms with Crippen LogP contribution in [0.15, 0.2) is 29.2 Å². The molecule has 2 aromatic rings. The Morgan fingerprint density at radius 3 is 2.93 bits per heavy atom. The highest BCUT2D eigenvalue weighted by molar-refractivity contribution is 5.96. The molecule has 0 radical (unpaired) electrons. The number of rotatable bonds is 1. The first-order chi connectivity index (χ1) is 6.74. The second kappa shape index (κ2) is 3.06. The molecule has 0 saturated carbocycles. The molecule has 1 heterocycles. The van der Waals surface area contributed by atoms with Crippen LogP contribution < -0.4 is 16.0 Å². The monoisotopic (exact) mass is 190 g/mol. The zero-order chi connectivity index (χ0) is 10.1. The van der Waals surface area contributed by atoms with E-state index in [0.717, 1.165) is 0 Å². The Morgan fingerprint density at radius 1 is 1.43 bits per heavy atom. The van der Waals surface area contributed by atoms with Crippen molar-refractivity contribution in [1.29, 1.82) is 0 Å². The smallest absolute Gasteiger partial charge is 0.256 e. The third-order valence-electron chi connectivity index (χ3n) is 2.14. The summed E-state index contributed by atoms with van der Waals surface area (Å²) in [6.45, 7) is 0. The van der Waals surface area contributed by atoms with Gasteiger partial charge in [0.2, 0.25) is 0 Å². The molecule has 1 aromatic carbocycles. The lowest BCUT2D eigenvalue weighted by atomic mass is 10.1. The maximum absolute atomic E-state index is 11.4. The molecule has 2 rings (SSSR count). The summed E-state index contributed by atoms with van der Waals surface area (Å²) in [6.07, 6.45) is 1.51. The van der Waals surface area contributed by atoms with Crippen molar-refractivity contribution in [2.24, 2.45) is 0 Å². The number of nitrogens with two attached hydrogens (primary N) is 1.